The third-order valence-electron chi connectivity index (χ3n) is 4.21. The summed E-state index contributed by atoms with van der Waals surface area (Å²) in [6, 6.07) is 19.8. The molecule has 0 spiro atoms. The highest BCUT2D eigenvalue weighted by Gasteiger charge is 2.20. The van der Waals surface area contributed by atoms with Crippen LogP contribution in [0.2, 0.25) is 0 Å². The van der Waals surface area contributed by atoms with Crippen molar-refractivity contribution >= 4 is 23.4 Å². The number of nitrogens with zero attached hydrogens (tertiary/aromatic N) is 3. The van der Waals surface area contributed by atoms with Crippen molar-refractivity contribution in [1.29, 1.82) is 5.26 Å². The second kappa shape index (κ2) is 8.68. The Hall–Kier alpha value is -3.17. The van der Waals surface area contributed by atoms with Gasteiger partial charge in [0.2, 0.25) is 5.91 Å². The van der Waals surface area contributed by atoms with Crippen molar-refractivity contribution in [3.05, 3.63) is 71.7 Å². The molecule has 1 unspecified atom stereocenters. The Labute approximate surface area is 168 Å². The van der Waals surface area contributed by atoms with E-state index in [2.05, 4.69) is 21.4 Å². The zero-order valence-corrected chi connectivity index (χ0v) is 16.7. The number of para-hydroxylation sites is 1. The fraction of sp³-hybridized carbons (Fsp3) is 0.182. The lowest BCUT2D eigenvalue weighted by Crippen LogP contribution is -2.23. The van der Waals surface area contributed by atoms with Crippen molar-refractivity contribution in [3.63, 3.8) is 0 Å². The van der Waals surface area contributed by atoms with Crippen LogP contribution in [0.5, 0.6) is 0 Å². The van der Waals surface area contributed by atoms with Gasteiger partial charge in [-0.1, -0.05) is 60.3 Å². The molecule has 1 amide bonds. The van der Waals surface area contributed by atoms with E-state index in [1.165, 1.54) is 11.8 Å². The molecule has 0 saturated carbocycles. The van der Waals surface area contributed by atoms with Crippen LogP contribution in [0.15, 0.2) is 59.6 Å². The van der Waals surface area contributed by atoms with Gasteiger partial charge in [-0.2, -0.15) is 5.26 Å². The lowest BCUT2D eigenvalue weighted by Gasteiger charge is -2.15. The van der Waals surface area contributed by atoms with Crippen molar-refractivity contribution in [2.24, 2.45) is 0 Å². The van der Waals surface area contributed by atoms with E-state index in [1.54, 1.807) is 20.8 Å². The van der Waals surface area contributed by atoms with E-state index < -0.39 is 5.25 Å². The smallest absolute Gasteiger partial charge is 0.237 e. The number of nitrogens with one attached hydrogen (secondary N) is 1. The maximum atomic E-state index is 12.8. The van der Waals surface area contributed by atoms with Gasteiger partial charge in [0.25, 0.3) is 0 Å². The monoisotopic (exact) mass is 388 g/mol. The minimum absolute atomic E-state index is 0.147. The van der Waals surface area contributed by atoms with E-state index in [-0.39, 0.29) is 5.91 Å². The van der Waals surface area contributed by atoms with Crippen LogP contribution in [0.4, 0.5) is 5.69 Å². The quantitative estimate of drug-likeness (QED) is 0.504. The summed E-state index contributed by atoms with van der Waals surface area (Å²) in [7, 11) is 0. The molecule has 1 atom stereocenters. The van der Waals surface area contributed by atoms with E-state index >= 15 is 0 Å². The molecule has 3 aromatic rings. The molecule has 0 saturated heterocycles. The van der Waals surface area contributed by atoms with Crippen LogP contribution < -0.4 is 5.32 Å². The number of aryl methyl sites for hydroxylation is 2. The lowest BCUT2D eigenvalue weighted by molar-refractivity contribution is -0.115. The molecule has 5 nitrogen and oxygen atoms in total. The molecule has 6 heteroatoms. The molecule has 0 aliphatic carbocycles. The Morgan fingerprint density at radius 2 is 1.75 bits per heavy atom. The predicted molar refractivity (Wildman–Crippen MR) is 112 cm³/mol. The standard InChI is InChI=1S/C22H20N4OS/c1-14-19(13-23)22(25-16(3)24-14)28-15(2)21(27)26-20-12-8-7-11-18(20)17-9-5-4-6-10-17/h4-12,15H,1-3H3,(H,26,27). The van der Waals surface area contributed by atoms with E-state index in [0.29, 0.717) is 22.1 Å². The number of carbonyl (C=O) groups excluding carboxylic acids is 1. The number of hydrogen-bond acceptors (Lipinski definition) is 5. The summed E-state index contributed by atoms with van der Waals surface area (Å²) in [5, 5.41) is 12.5. The van der Waals surface area contributed by atoms with Crippen molar-refractivity contribution in [3.8, 4) is 17.2 Å². The second-order valence-corrected chi connectivity index (χ2v) is 7.64. The van der Waals surface area contributed by atoms with Gasteiger partial charge in [-0.25, -0.2) is 9.97 Å². The Kier molecular flexibility index (Phi) is 6.07. The van der Waals surface area contributed by atoms with Crippen molar-refractivity contribution in [1.82, 2.24) is 9.97 Å². The molecule has 2 aromatic carbocycles. The Bertz CT molecular complexity index is 1040. The largest absolute Gasteiger partial charge is 0.325 e. The summed E-state index contributed by atoms with van der Waals surface area (Å²) in [4.78, 5) is 21.4. The van der Waals surface area contributed by atoms with Gasteiger partial charge in [0.15, 0.2) is 0 Å². The average molecular weight is 388 g/mol. The first kappa shape index (κ1) is 19.6. The molecule has 1 heterocycles. The first-order chi connectivity index (χ1) is 13.5. The van der Waals surface area contributed by atoms with Crippen LogP contribution in [0.1, 0.15) is 24.0 Å². The van der Waals surface area contributed by atoms with Gasteiger partial charge >= 0.3 is 0 Å². The first-order valence-corrected chi connectivity index (χ1v) is 9.75. The lowest BCUT2D eigenvalue weighted by atomic mass is 10.0. The van der Waals surface area contributed by atoms with Crippen LogP contribution in [0.3, 0.4) is 0 Å². The molecule has 3 rings (SSSR count). The van der Waals surface area contributed by atoms with Gasteiger partial charge in [-0.05, 0) is 32.4 Å². The number of anilines is 1. The van der Waals surface area contributed by atoms with Gasteiger partial charge in [0, 0.05) is 11.3 Å². The number of hydrogen-bond donors (Lipinski definition) is 1. The fourth-order valence-electron chi connectivity index (χ4n) is 2.81. The SMILES string of the molecule is Cc1nc(C)c(C#N)c(SC(C)C(=O)Nc2ccccc2-c2ccccc2)n1. The number of rotatable bonds is 5. The Morgan fingerprint density at radius 3 is 2.46 bits per heavy atom. The Morgan fingerprint density at radius 1 is 1.07 bits per heavy atom. The second-order valence-electron chi connectivity index (χ2n) is 6.31. The topological polar surface area (TPSA) is 78.7 Å². The minimum atomic E-state index is -0.426. The summed E-state index contributed by atoms with van der Waals surface area (Å²) in [6.07, 6.45) is 0. The molecule has 0 radical (unpaired) electrons. The third kappa shape index (κ3) is 4.38. The highest BCUT2D eigenvalue weighted by atomic mass is 32.2. The fourth-order valence-corrected chi connectivity index (χ4v) is 3.81. The summed E-state index contributed by atoms with van der Waals surface area (Å²) >= 11 is 1.27. The van der Waals surface area contributed by atoms with E-state index in [4.69, 9.17) is 0 Å². The van der Waals surface area contributed by atoms with Crippen molar-refractivity contribution < 1.29 is 4.79 Å². The minimum Gasteiger partial charge on any atom is -0.325 e. The maximum Gasteiger partial charge on any atom is 0.237 e. The molecule has 1 aromatic heterocycles. The number of thioether (sulfide) groups is 1. The van der Waals surface area contributed by atoms with Crippen LogP contribution in [0.25, 0.3) is 11.1 Å². The number of amides is 1. The van der Waals surface area contributed by atoms with Gasteiger partial charge in [-0.3, -0.25) is 4.79 Å². The molecule has 140 valence electrons. The van der Waals surface area contributed by atoms with Gasteiger partial charge < -0.3 is 5.32 Å². The molecular formula is C22H20N4OS. The van der Waals surface area contributed by atoms with Crippen LogP contribution >= 0.6 is 11.8 Å². The number of nitriles is 1. The van der Waals surface area contributed by atoms with E-state index in [9.17, 15) is 10.1 Å². The summed E-state index contributed by atoms with van der Waals surface area (Å²) in [5.41, 5.74) is 3.79. The van der Waals surface area contributed by atoms with Crippen LogP contribution in [-0.4, -0.2) is 21.1 Å². The number of carbonyl (C=O) groups is 1. The molecular weight excluding hydrogens is 368 g/mol. The molecule has 0 bridgehead atoms. The summed E-state index contributed by atoms with van der Waals surface area (Å²) in [6.45, 7) is 5.36. The van der Waals surface area contributed by atoms with Gasteiger partial charge in [0.1, 0.15) is 22.5 Å². The highest BCUT2D eigenvalue weighted by Crippen LogP contribution is 2.30. The van der Waals surface area contributed by atoms with Crippen LogP contribution in [0, 0.1) is 25.2 Å². The zero-order chi connectivity index (χ0) is 20.1. The van der Waals surface area contributed by atoms with Crippen molar-refractivity contribution in [2.45, 2.75) is 31.0 Å². The van der Waals surface area contributed by atoms with Gasteiger partial charge in [0.05, 0.1) is 10.9 Å². The van der Waals surface area contributed by atoms with E-state index in [1.807, 2.05) is 54.6 Å². The number of benzene rings is 2. The zero-order valence-electron chi connectivity index (χ0n) is 15.9. The highest BCUT2D eigenvalue weighted by molar-refractivity contribution is 8.00. The average Bonchev–Trinajstić information content (AvgIpc) is 2.68. The maximum absolute atomic E-state index is 12.8. The first-order valence-electron chi connectivity index (χ1n) is 8.87. The third-order valence-corrected chi connectivity index (χ3v) is 5.29. The number of aromatic nitrogens is 2. The van der Waals surface area contributed by atoms with Crippen LogP contribution in [-0.2, 0) is 4.79 Å². The predicted octanol–water partition coefficient (Wildman–Crippen LogP) is 4.75. The molecule has 1 N–H and O–H groups in total. The molecule has 0 fully saturated rings. The summed E-state index contributed by atoms with van der Waals surface area (Å²) in [5.74, 6) is 0.437. The molecule has 0 aliphatic heterocycles. The summed E-state index contributed by atoms with van der Waals surface area (Å²) < 4.78 is 0. The normalized spacial score (nSPS) is 11.5. The van der Waals surface area contributed by atoms with Crippen molar-refractivity contribution in [2.75, 3.05) is 5.32 Å². The van der Waals surface area contributed by atoms with E-state index in [0.717, 1.165) is 16.8 Å². The van der Waals surface area contributed by atoms with Gasteiger partial charge in [-0.15, -0.1) is 0 Å². The Balaban J connectivity index is 1.81. The molecule has 0 aliphatic rings. The molecule has 28 heavy (non-hydrogen) atoms.